The molecule has 0 atom stereocenters. The number of halogens is 2. The highest BCUT2D eigenvalue weighted by molar-refractivity contribution is 9.09. The van der Waals surface area contributed by atoms with Gasteiger partial charge in [-0.3, -0.25) is 10.1 Å². The highest BCUT2D eigenvalue weighted by atomic mass is 79.9. The number of nitrogens with zero attached hydrogens (tertiary/aromatic N) is 1. The first-order valence-electron chi connectivity index (χ1n) is 5.69. The lowest BCUT2D eigenvalue weighted by molar-refractivity contribution is -0.385. The number of nitro benzene ring substituents is 1. The van der Waals surface area contributed by atoms with Gasteiger partial charge in [-0.05, 0) is 18.9 Å². The number of non-ortho nitro benzene ring substituents is 1. The van der Waals surface area contributed by atoms with Crippen molar-refractivity contribution in [2.24, 2.45) is 5.41 Å². The van der Waals surface area contributed by atoms with E-state index in [1.54, 1.807) is 0 Å². The zero-order valence-electron chi connectivity index (χ0n) is 9.70. The molecular formula is C12H13BrFNO3. The summed E-state index contributed by atoms with van der Waals surface area (Å²) in [5, 5.41) is 11.3. The summed E-state index contributed by atoms with van der Waals surface area (Å²) < 4.78 is 19.0. The first-order chi connectivity index (χ1) is 8.56. The Balaban J connectivity index is 2.03. The lowest BCUT2D eigenvalue weighted by Crippen LogP contribution is -2.37. The highest BCUT2D eigenvalue weighted by Crippen LogP contribution is 2.42. The third kappa shape index (κ3) is 2.63. The fourth-order valence-corrected chi connectivity index (χ4v) is 2.67. The minimum Gasteiger partial charge on any atom is -0.490 e. The van der Waals surface area contributed by atoms with Gasteiger partial charge in [-0.2, -0.15) is 0 Å². The van der Waals surface area contributed by atoms with Gasteiger partial charge in [0.1, 0.15) is 0 Å². The van der Waals surface area contributed by atoms with Crippen LogP contribution in [0.1, 0.15) is 19.3 Å². The Morgan fingerprint density at radius 1 is 1.50 bits per heavy atom. The maximum atomic E-state index is 13.6. The maximum Gasteiger partial charge on any atom is 0.272 e. The van der Waals surface area contributed by atoms with Gasteiger partial charge in [-0.15, -0.1) is 0 Å². The van der Waals surface area contributed by atoms with Crippen LogP contribution >= 0.6 is 15.9 Å². The summed E-state index contributed by atoms with van der Waals surface area (Å²) in [7, 11) is 0. The van der Waals surface area contributed by atoms with Gasteiger partial charge in [-0.1, -0.05) is 22.4 Å². The van der Waals surface area contributed by atoms with Gasteiger partial charge in [0.05, 0.1) is 17.6 Å². The van der Waals surface area contributed by atoms with E-state index in [1.807, 2.05) is 0 Å². The second-order valence-corrected chi connectivity index (χ2v) is 5.21. The molecule has 18 heavy (non-hydrogen) atoms. The number of alkyl halides is 1. The predicted octanol–water partition coefficient (Wildman–Crippen LogP) is 3.68. The van der Waals surface area contributed by atoms with Gasteiger partial charge in [-0.25, -0.2) is 4.39 Å². The van der Waals surface area contributed by atoms with E-state index < -0.39 is 10.7 Å². The van der Waals surface area contributed by atoms with Crippen LogP contribution in [0.5, 0.6) is 5.75 Å². The molecule has 1 aromatic carbocycles. The van der Waals surface area contributed by atoms with E-state index in [4.69, 9.17) is 4.74 Å². The zero-order valence-corrected chi connectivity index (χ0v) is 11.3. The van der Waals surface area contributed by atoms with Crippen molar-refractivity contribution >= 4 is 21.6 Å². The molecule has 98 valence electrons. The number of rotatable bonds is 5. The minimum absolute atomic E-state index is 0.0767. The Morgan fingerprint density at radius 2 is 2.22 bits per heavy atom. The van der Waals surface area contributed by atoms with Crippen molar-refractivity contribution in [3.8, 4) is 5.75 Å². The van der Waals surface area contributed by atoms with E-state index in [1.165, 1.54) is 12.1 Å². The van der Waals surface area contributed by atoms with Gasteiger partial charge >= 0.3 is 0 Å². The molecule has 0 spiro atoms. The fourth-order valence-electron chi connectivity index (χ4n) is 1.94. The van der Waals surface area contributed by atoms with Crippen molar-refractivity contribution in [1.29, 1.82) is 0 Å². The SMILES string of the molecule is O=[N+]([O-])c1ccc(OCC2(CBr)CCC2)c(F)c1. The van der Waals surface area contributed by atoms with Crippen LogP contribution in [0, 0.1) is 21.3 Å². The van der Waals surface area contributed by atoms with Crippen LogP contribution in [0.4, 0.5) is 10.1 Å². The molecule has 6 heteroatoms. The molecule has 0 amide bonds. The lowest BCUT2D eigenvalue weighted by Gasteiger charge is -2.39. The van der Waals surface area contributed by atoms with Gasteiger partial charge in [0.25, 0.3) is 5.69 Å². The molecule has 1 aromatic rings. The number of ether oxygens (including phenoxy) is 1. The molecule has 1 fully saturated rings. The van der Waals surface area contributed by atoms with E-state index in [2.05, 4.69) is 15.9 Å². The first-order valence-corrected chi connectivity index (χ1v) is 6.81. The van der Waals surface area contributed by atoms with E-state index in [9.17, 15) is 14.5 Å². The van der Waals surface area contributed by atoms with E-state index in [0.717, 1.165) is 30.7 Å². The molecule has 2 rings (SSSR count). The number of nitro groups is 1. The van der Waals surface area contributed by atoms with Crippen LogP contribution in [-0.2, 0) is 0 Å². The molecule has 1 aliphatic rings. The van der Waals surface area contributed by atoms with Crippen LogP contribution in [0.25, 0.3) is 0 Å². The van der Waals surface area contributed by atoms with Crippen molar-refractivity contribution in [1.82, 2.24) is 0 Å². The van der Waals surface area contributed by atoms with Gasteiger partial charge in [0, 0.05) is 16.8 Å². The Bertz CT molecular complexity index is 457. The standard InChI is InChI=1S/C12H13BrFNO3/c13-7-12(4-1-5-12)8-18-11-3-2-9(15(16)17)6-10(11)14/h2-3,6H,1,4-5,7-8H2. The maximum absolute atomic E-state index is 13.6. The number of benzene rings is 1. The number of hydrogen-bond acceptors (Lipinski definition) is 3. The molecule has 1 saturated carbocycles. The van der Waals surface area contributed by atoms with E-state index >= 15 is 0 Å². The molecule has 1 aliphatic carbocycles. The van der Waals surface area contributed by atoms with Crippen LogP contribution in [0.3, 0.4) is 0 Å². The van der Waals surface area contributed by atoms with Crippen molar-refractivity contribution in [3.63, 3.8) is 0 Å². The normalized spacial score (nSPS) is 17.0. The topological polar surface area (TPSA) is 52.4 Å². The number of hydrogen-bond donors (Lipinski definition) is 0. The summed E-state index contributed by atoms with van der Waals surface area (Å²) in [4.78, 5) is 9.85. The van der Waals surface area contributed by atoms with Gasteiger partial charge in [0.15, 0.2) is 11.6 Å². The fraction of sp³-hybridized carbons (Fsp3) is 0.500. The Labute approximate surface area is 112 Å². The second kappa shape index (κ2) is 5.22. The van der Waals surface area contributed by atoms with Crippen LogP contribution in [-0.4, -0.2) is 16.9 Å². The predicted molar refractivity (Wildman–Crippen MR) is 68.6 cm³/mol. The summed E-state index contributed by atoms with van der Waals surface area (Å²) in [6.45, 7) is 0.437. The Kier molecular flexibility index (Phi) is 3.85. The second-order valence-electron chi connectivity index (χ2n) is 4.65. The summed E-state index contributed by atoms with van der Waals surface area (Å²) >= 11 is 3.44. The molecule has 0 aromatic heterocycles. The third-order valence-corrected chi connectivity index (χ3v) is 4.55. The minimum atomic E-state index is -0.687. The smallest absolute Gasteiger partial charge is 0.272 e. The van der Waals surface area contributed by atoms with Crippen molar-refractivity contribution in [3.05, 3.63) is 34.1 Å². The molecule has 0 heterocycles. The largest absolute Gasteiger partial charge is 0.490 e. The molecule has 0 saturated heterocycles. The Hall–Kier alpha value is -1.17. The van der Waals surface area contributed by atoms with Gasteiger partial charge in [0.2, 0.25) is 0 Å². The van der Waals surface area contributed by atoms with Crippen LogP contribution in [0.2, 0.25) is 0 Å². The molecule has 0 bridgehead atoms. The van der Waals surface area contributed by atoms with Crippen LogP contribution < -0.4 is 4.74 Å². The molecular weight excluding hydrogens is 305 g/mol. The molecule has 0 radical (unpaired) electrons. The molecule has 0 unspecified atom stereocenters. The monoisotopic (exact) mass is 317 g/mol. The van der Waals surface area contributed by atoms with Gasteiger partial charge < -0.3 is 4.74 Å². The molecule has 0 aliphatic heterocycles. The molecule has 0 N–H and O–H groups in total. The van der Waals surface area contributed by atoms with E-state index in [0.29, 0.717) is 6.61 Å². The molecule has 4 nitrogen and oxygen atoms in total. The van der Waals surface area contributed by atoms with Crippen LogP contribution in [0.15, 0.2) is 18.2 Å². The average Bonchev–Trinajstić information content (AvgIpc) is 2.29. The summed E-state index contributed by atoms with van der Waals surface area (Å²) in [5.41, 5.74) is -0.174. The average molecular weight is 318 g/mol. The third-order valence-electron chi connectivity index (χ3n) is 3.36. The zero-order chi connectivity index (χ0) is 13.2. The van der Waals surface area contributed by atoms with Crippen molar-refractivity contribution in [2.75, 3.05) is 11.9 Å². The summed E-state index contributed by atoms with van der Waals surface area (Å²) in [6, 6.07) is 3.45. The Morgan fingerprint density at radius 3 is 2.67 bits per heavy atom. The quantitative estimate of drug-likeness (QED) is 0.473. The summed E-state index contributed by atoms with van der Waals surface area (Å²) in [6.07, 6.45) is 3.29. The highest BCUT2D eigenvalue weighted by Gasteiger charge is 2.37. The van der Waals surface area contributed by atoms with Crippen molar-refractivity contribution < 1.29 is 14.1 Å². The van der Waals surface area contributed by atoms with E-state index in [-0.39, 0.29) is 16.9 Å². The first kappa shape index (κ1) is 13.3. The van der Waals surface area contributed by atoms with Crippen molar-refractivity contribution in [2.45, 2.75) is 19.3 Å². The summed E-state index contributed by atoms with van der Waals surface area (Å²) in [5.74, 6) is -0.610. The lowest BCUT2D eigenvalue weighted by atomic mass is 9.71.